The molecule has 3 aromatic rings. The van der Waals surface area contributed by atoms with Gasteiger partial charge in [0.2, 0.25) is 4.96 Å². The molecule has 0 fully saturated rings. The number of nitrogens with zero attached hydrogens (tertiary/aromatic N) is 4. The molecule has 0 aliphatic rings. The topological polar surface area (TPSA) is 63.3 Å². The van der Waals surface area contributed by atoms with Crippen molar-refractivity contribution in [1.29, 1.82) is 0 Å². The van der Waals surface area contributed by atoms with Crippen molar-refractivity contribution in [3.8, 4) is 16.3 Å². The summed E-state index contributed by atoms with van der Waals surface area (Å²) in [5.41, 5.74) is 1.63. The fraction of sp³-hybridized carbons (Fsp3) is 0.357. The lowest BCUT2D eigenvalue weighted by Crippen LogP contribution is -2.16. The van der Waals surface area contributed by atoms with Crippen molar-refractivity contribution in [2.75, 3.05) is 0 Å². The summed E-state index contributed by atoms with van der Waals surface area (Å²) in [6.45, 7) is 8.12. The fourth-order valence-corrected chi connectivity index (χ4v) is 2.78. The second-order valence-corrected chi connectivity index (χ2v) is 6.83. The Hall–Kier alpha value is -1.95. The highest BCUT2D eigenvalue weighted by molar-refractivity contribution is 7.19. The van der Waals surface area contributed by atoms with Gasteiger partial charge in [0.15, 0.2) is 5.82 Å². The Bertz CT molecular complexity index is 782. The van der Waals surface area contributed by atoms with E-state index in [4.69, 9.17) is 0 Å². The Morgan fingerprint density at radius 2 is 1.95 bits per heavy atom. The molecule has 0 bridgehead atoms. The van der Waals surface area contributed by atoms with Crippen LogP contribution in [0.4, 0.5) is 0 Å². The zero-order chi connectivity index (χ0) is 14.5. The summed E-state index contributed by atoms with van der Waals surface area (Å²) in [5.74, 6) is 1.12. The molecule has 1 N–H and O–H groups in total. The van der Waals surface area contributed by atoms with E-state index in [0.29, 0.717) is 0 Å². The third-order valence-corrected chi connectivity index (χ3v) is 4.07. The van der Waals surface area contributed by atoms with Crippen molar-refractivity contribution < 1.29 is 5.11 Å². The summed E-state index contributed by atoms with van der Waals surface area (Å²) in [7, 11) is 0. The second kappa shape index (κ2) is 4.28. The molecule has 0 unspecified atom stereocenters. The Kier molecular flexibility index (Phi) is 2.79. The maximum Gasteiger partial charge on any atom is 0.235 e. The minimum atomic E-state index is -0.111. The Morgan fingerprint density at radius 3 is 2.60 bits per heavy atom. The number of fused-ring (bicyclic) bond motifs is 1. The van der Waals surface area contributed by atoms with Crippen LogP contribution in [0.3, 0.4) is 0 Å². The van der Waals surface area contributed by atoms with E-state index in [1.807, 2.05) is 19.1 Å². The van der Waals surface area contributed by atoms with Gasteiger partial charge < -0.3 is 5.11 Å². The monoisotopic (exact) mass is 288 g/mol. The first-order valence-corrected chi connectivity index (χ1v) is 7.20. The largest absolute Gasteiger partial charge is 0.508 e. The summed E-state index contributed by atoms with van der Waals surface area (Å²) >= 11 is 1.47. The smallest absolute Gasteiger partial charge is 0.235 e. The highest BCUT2D eigenvalue weighted by atomic mass is 32.1. The predicted molar refractivity (Wildman–Crippen MR) is 79.2 cm³/mol. The van der Waals surface area contributed by atoms with E-state index in [1.54, 1.807) is 10.6 Å². The number of aromatic hydroxyl groups is 1. The van der Waals surface area contributed by atoms with E-state index in [9.17, 15) is 5.11 Å². The van der Waals surface area contributed by atoms with Crippen LogP contribution in [0.15, 0.2) is 18.2 Å². The van der Waals surface area contributed by atoms with Gasteiger partial charge in [0.05, 0.1) is 0 Å². The average molecular weight is 288 g/mol. The molecule has 5 nitrogen and oxygen atoms in total. The van der Waals surface area contributed by atoms with Crippen LogP contribution in [-0.2, 0) is 5.41 Å². The number of benzene rings is 1. The van der Waals surface area contributed by atoms with Gasteiger partial charge in [0.25, 0.3) is 0 Å². The Balaban J connectivity index is 2.14. The number of rotatable bonds is 1. The number of aryl methyl sites for hydroxylation is 1. The summed E-state index contributed by atoms with van der Waals surface area (Å²) in [5, 5.41) is 23.6. The maximum atomic E-state index is 9.81. The molecule has 2 aromatic heterocycles. The molecule has 0 amide bonds. The van der Waals surface area contributed by atoms with Gasteiger partial charge >= 0.3 is 0 Å². The molecular weight excluding hydrogens is 272 g/mol. The molecule has 2 heterocycles. The van der Waals surface area contributed by atoms with E-state index < -0.39 is 0 Å². The average Bonchev–Trinajstić information content (AvgIpc) is 2.90. The minimum absolute atomic E-state index is 0.111. The normalized spacial score (nSPS) is 12.2. The molecule has 20 heavy (non-hydrogen) atoms. The van der Waals surface area contributed by atoms with E-state index >= 15 is 0 Å². The highest BCUT2D eigenvalue weighted by Gasteiger charge is 2.23. The lowest BCUT2D eigenvalue weighted by molar-refractivity contribution is 0.471. The minimum Gasteiger partial charge on any atom is -0.508 e. The standard InChI is InChI=1S/C14H16N4OS/c1-8-5-6-9(7-10(8)19)11-17-18-12(14(2,3)4)15-16-13(18)20-11/h5-7,19H,1-4H3. The first-order chi connectivity index (χ1) is 9.36. The van der Waals surface area contributed by atoms with Gasteiger partial charge in [-0.05, 0) is 18.6 Å². The lowest BCUT2D eigenvalue weighted by Gasteiger charge is -2.13. The molecule has 0 saturated heterocycles. The number of phenols is 1. The summed E-state index contributed by atoms with van der Waals surface area (Å²) in [6, 6.07) is 5.58. The predicted octanol–water partition coefficient (Wildman–Crippen LogP) is 3.16. The first-order valence-electron chi connectivity index (χ1n) is 6.39. The van der Waals surface area contributed by atoms with E-state index in [2.05, 4.69) is 36.1 Å². The molecule has 0 atom stereocenters. The number of hydrogen-bond donors (Lipinski definition) is 1. The van der Waals surface area contributed by atoms with E-state index in [1.165, 1.54) is 11.3 Å². The van der Waals surface area contributed by atoms with Crippen molar-refractivity contribution in [3.63, 3.8) is 0 Å². The molecule has 0 aliphatic carbocycles. The van der Waals surface area contributed by atoms with Crippen molar-refractivity contribution in [3.05, 3.63) is 29.6 Å². The van der Waals surface area contributed by atoms with Gasteiger partial charge in [-0.3, -0.25) is 0 Å². The molecule has 104 valence electrons. The quantitative estimate of drug-likeness (QED) is 0.747. The van der Waals surface area contributed by atoms with Crippen LogP contribution in [0.2, 0.25) is 0 Å². The van der Waals surface area contributed by atoms with Gasteiger partial charge in [0.1, 0.15) is 10.8 Å². The van der Waals surface area contributed by atoms with Crippen molar-refractivity contribution in [2.45, 2.75) is 33.1 Å². The first kappa shape index (κ1) is 13.1. The van der Waals surface area contributed by atoms with Gasteiger partial charge in [-0.15, -0.1) is 10.2 Å². The molecule has 3 rings (SSSR count). The zero-order valence-electron chi connectivity index (χ0n) is 11.9. The summed E-state index contributed by atoms with van der Waals surface area (Å²) in [4.78, 5) is 0.769. The fourth-order valence-electron chi connectivity index (χ4n) is 1.94. The summed E-state index contributed by atoms with van der Waals surface area (Å²) in [6.07, 6.45) is 0. The number of phenolic OH excluding ortho intramolecular Hbond substituents is 1. The Labute approximate surface area is 120 Å². The lowest BCUT2D eigenvalue weighted by atomic mass is 9.96. The Morgan fingerprint density at radius 1 is 1.20 bits per heavy atom. The molecule has 0 saturated carbocycles. The molecule has 0 aliphatic heterocycles. The number of aromatic nitrogens is 4. The second-order valence-electron chi connectivity index (χ2n) is 5.88. The van der Waals surface area contributed by atoms with Crippen LogP contribution in [0.25, 0.3) is 15.5 Å². The van der Waals surface area contributed by atoms with Crippen LogP contribution >= 0.6 is 11.3 Å². The van der Waals surface area contributed by atoms with Gasteiger partial charge in [-0.1, -0.05) is 44.2 Å². The van der Waals surface area contributed by atoms with Gasteiger partial charge in [-0.2, -0.15) is 9.61 Å². The van der Waals surface area contributed by atoms with Gasteiger partial charge in [-0.25, -0.2) is 0 Å². The van der Waals surface area contributed by atoms with E-state index in [0.717, 1.165) is 26.9 Å². The molecular formula is C14H16N4OS. The van der Waals surface area contributed by atoms with Crippen LogP contribution in [0.1, 0.15) is 32.2 Å². The van der Waals surface area contributed by atoms with Crippen molar-refractivity contribution in [2.24, 2.45) is 0 Å². The summed E-state index contributed by atoms with van der Waals surface area (Å²) < 4.78 is 1.79. The zero-order valence-corrected chi connectivity index (χ0v) is 12.7. The number of hydrogen-bond acceptors (Lipinski definition) is 5. The van der Waals surface area contributed by atoms with Crippen LogP contribution < -0.4 is 0 Å². The van der Waals surface area contributed by atoms with Crippen LogP contribution in [0, 0.1) is 6.92 Å². The molecule has 6 heteroatoms. The molecule has 1 aromatic carbocycles. The highest BCUT2D eigenvalue weighted by Crippen LogP contribution is 2.31. The molecule has 0 radical (unpaired) electrons. The molecule has 0 spiro atoms. The van der Waals surface area contributed by atoms with Crippen LogP contribution in [-0.4, -0.2) is 24.9 Å². The van der Waals surface area contributed by atoms with Crippen molar-refractivity contribution in [1.82, 2.24) is 19.8 Å². The third kappa shape index (κ3) is 2.06. The van der Waals surface area contributed by atoms with Gasteiger partial charge in [0, 0.05) is 11.0 Å². The third-order valence-electron chi connectivity index (χ3n) is 3.12. The SMILES string of the molecule is Cc1ccc(-c2nn3c(C(C)(C)C)nnc3s2)cc1O. The van der Waals surface area contributed by atoms with Crippen LogP contribution in [0.5, 0.6) is 5.75 Å². The van der Waals surface area contributed by atoms with E-state index in [-0.39, 0.29) is 11.2 Å². The van der Waals surface area contributed by atoms with Crippen molar-refractivity contribution >= 4 is 16.3 Å². The maximum absolute atomic E-state index is 9.81.